The zero-order valence-electron chi connectivity index (χ0n) is 21.8. The monoisotopic (exact) mass is 524 g/mol. The SMILES string of the molecule is [C-]#[N+]c1ccc(-c2cccc3c2oc2ccccc23)c2c1oc1c(-n3c4ccccc4c4ccccc43)cccc12. The van der Waals surface area contributed by atoms with Gasteiger partial charge >= 0.3 is 0 Å². The van der Waals surface area contributed by atoms with Crippen molar-refractivity contribution in [2.75, 3.05) is 0 Å². The summed E-state index contributed by atoms with van der Waals surface area (Å²) in [6.07, 6.45) is 0. The number of hydrogen-bond acceptors (Lipinski definition) is 2. The summed E-state index contributed by atoms with van der Waals surface area (Å²) < 4.78 is 15.4. The van der Waals surface area contributed by atoms with Crippen LogP contribution in [0.5, 0.6) is 0 Å². The molecule has 4 heteroatoms. The molecule has 3 aromatic heterocycles. The Morgan fingerprint density at radius 3 is 1.93 bits per heavy atom. The second-order valence-corrected chi connectivity index (χ2v) is 10.4. The number of hydrogen-bond donors (Lipinski definition) is 0. The summed E-state index contributed by atoms with van der Waals surface area (Å²) in [4.78, 5) is 3.84. The normalized spacial score (nSPS) is 11.9. The molecule has 0 N–H and O–H groups in total. The average molecular weight is 525 g/mol. The Labute approximate surface area is 234 Å². The van der Waals surface area contributed by atoms with Crippen LogP contribution in [0, 0.1) is 6.57 Å². The Balaban J connectivity index is 1.42. The van der Waals surface area contributed by atoms with E-state index < -0.39 is 0 Å². The molecule has 0 radical (unpaired) electrons. The topological polar surface area (TPSA) is 35.6 Å². The van der Waals surface area contributed by atoms with E-state index >= 15 is 0 Å². The second-order valence-electron chi connectivity index (χ2n) is 10.4. The molecule has 0 fully saturated rings. The molecule has 41 heavy (non-hydrogen) atoms. The quantitative estimate of drug-likeness (QED) is 0.211. The maximum atomic E-state index is 7.93. The van der Waals surface area contributed by atoms with Crippen LogP contribution in [0.15, 0.2) is 130 Å². The van der Waals surface area contributed by atoms with Gasteiger partial charge in [-0.1, -0.05) is 97.1 Å². The third kappa shape index (κ3) is 2.92. The lowest BCUT2D eigenvalue weighted by Gasteiger charge is -2.09. The smallest absolute Gasteiger partial charge is 0.229 e. The van der Waals surface area contributed by atoms with E-state index in [1.165, 1.54) is 10.8 Å². The Kier molecular flexibility index (Phi) is 4.37. The molecule has 9 aromatic rings. The predicted molar refractivity (Wildman–Crippen MR) is 167 cm³/mol. The van der Waals surface area contributed by atoms with Crippen molar-refractivity contribution in [1.29, 1.82) is 0 Å². The predicted octanol–water partition coefficient (Wildman–Crippen LogP) is 10.8. The summed E-state index contributed by atoms with van der Waals surface area (Å²) in [6.45, 7) is 7.93. The number of furan rings is 2. The fourth-order valence-electron chi connectivity index (χ4n) is 6.50. The highest BCUT2D eigenvalue weighted by Crippen LogP contribution is 2.46. The molecule has 0 atom stereocenters. The van der Waals surface area contributed by atoms with Gasteiger partial charge in [0.1, 0.15) is 16.7 Å². The van der Waals surface area contributed by atoms with Crippen LogP contribution in [-0.4, -0.2) is 4.57 Å². The lowest BCUT2D eigenvalue weighted by atomic mass is 9.97. The van der Waals surface area contributed by atoms with Crippen molar-refractivity contribution >= 4 is 71.4 Å². The van der Waals surface area contributed by atoms with Crippen LogP contribution in [0.2, 0.25) is 0 Å². The molecule has 0 spiro atoms. The largest absolute Gasteiger partial charge is 0.465 e. The van der Waals surface area contributed by atoms with Gasteiger partial charge in [-0.15, -0.1) is 0 Å². The molecule has 9 rings (SSSR count). The number of benzene rings is 6. The molecule has 0 saturated carbocycles. The van der Waals surface area contributed by atoms with Crippen LogP contribution >= 0.6 is 0 Å². The molecule has 4 nitrogen and oxygen atoms in total. The molecule has 0 unspecified atom stereocenters. The van der Waals surface area contributed by atoms with E-state index in [2.05, 4.69) is 100 Å². The molecule has 0 bridgehead atoms. The van der Waals surface area contributed by atoms with Gasteiger partial charge in [0, 0.05) is 37.9 Å². The third-order valence-electron chi connectivity index (χ3n) is 8.24. The van der Waals surface area contributed by atoms with Crippen molar-refractivity contribution in [3.8, 4) is 16.8 Å². The molecule has 0 aliphatic rings. The van der Waals surface area contributed by atoms with Gasteiger partial charge in [-0.2, -0.15) is 0 Å². The molecular formula is C37H20N2O2. The summed E-state index contributed by atoms with van der Waals surface area (Å²) in [6, 6.07) is 41.4. The van der Waals surface area contributed by atoms with Crippen molar-refractivity contribution in [2.45, 2.75) is 0 Å². The minimum absolute atomic E-state index is 0.491. The first-order valence-electron chi connectivity index (χ1n) is 13.6. The molecule has 0 amide bonds. The van der Waals surface area contributed by atoms with E-state index in [1.54, 1.807) is 0 Å². The first-order valence-corrected chi connectivity index (χ1v) is 13.6. The molecule has 0 saturated heterocycles. The number of rotatable bonds is 2. The summed E-state index contributed by atoms with van der Waals surface area (Å²) in [5.74, 6) is 0. The minimum atomic E-state index is 0.491. The first kappa shape index (κ1) is 22.1. The van der Waals surface area contributed by atoms with E-state index in [-0.39, 0.29) is 0 Å². The Bertz CT molecular complexity index is 2500. The summed E-state index contributed by atoms with van der Waals surface area (Å²) in [5.41, 5.74) is 8.65. The van der Waals surface area contributed by atoms with Gasteiger partial charge in [0.15, 0.2) is 5.58 Å². The van der Waals surface area contributed by atoms with Gasteiger partial charge in [-0.25, -0.2) is 4.85 Å². The van der Waals surface area contributed by atoms with Gasteiger partial charge in [0.2, 0.25) is 5.69 Å². The minimum Gasteiger partial charge on any atom is -0.465 e. The highest BCUT2D eigenvalue weighted by Gasteiger charge is 2.22. The van der Waals surface area contributed by atoms with Crippen LogP contribution in [0.25, 0.3) is 87.3 Å². The van der Waals surface area contributed by atoms with Crippen LogP contribution in [0.1, 0.15) is 0 Å². The van der Waals surface area contributed by atoms with Gasteiger partial charge in [-0.3, -0.25) is 0 Å². The second kappa shape index (κ2) is 8.11. The fourth-order valence-corrected chi connectivity index (χ4v) is 6.50. The van der Waals surface area contributed by atoms with Crippen LogP contribution in [0.3, 0.4) is 0 Å². The van der Waals surface area contributed by atoms with Crippen molar-refractivity contribution in [2.24, 2.45) is 0 Å². The van der Waals surface area contributed by atoms with E-state index in [0.717, 1.165) is 66.1 Å². The number of nitrogens with zero attached hydrogens (tertiary/aromatic N) is 2. The molecule has 6 aromatic carbocycles. The van der Waals surface area contributed by atoms with Gasteiger partial charge in [0.25, 0.3) is 0 Å². The van der Waals surface area contributed by atoms with E-state index in [9.17, 15) is 0 Å². The molecule has 190 valence electrons. The average Bonchev–Trinajstić information content (AvgIpc) is 3.71. The lowest BCUT2D eigenvalue weighted by Crippen LogP contribution is -1.94. The highest BCUT2D eigenvalue weighted by atomic mass is 16.3. The van der Waals surface area contributed by atoms with Crippen LogP contribution in [0.4, 0.5) is 5.69 Å². The summed E-state index contributed by atoms with van der Waals surface area (Å²) in [5, 5.41) is 6.42. The van der Waals surface area contributed by atoms with Crippen molar-refractivity contribution in [3.05, 3.63) is 133 Å². The van der Waals surface area contributed by atoms with Gasteiger partial charge in [0.05, 0.1) is 23.3 Å². The van der Waals surface area contributed by atoms with Gasteiger partial charge in [-0.05, 0) is 29.8 Å². The maximum Gasteiger partial charge on any atom is 0.229 e. The fraction of sp³-hybridized carbons (Fsp3) is 0. The van der Waals surface area contributed by atoms with Crippen molar-refractivity contribution in [1.82, 2.24) is 4.57 Å². The Hall–Kier alpha value is -5.79. The lowest BCUT2D eigenvalue weighted by molar-refractivity contribution is 0.668. The van der Waals surface area contributed by atoms with Crippen molar-refractivity contribution in [3.63, 3.8) is 0 Å². The first-order chi connectivity index (χ1) is 20.3. The molecule has 3 heterocycles. The zero-order valence-corrected chi connectivity index (χ0v) is 21.8. The van der Waals surface area contributed by atoms with Crippen LogP contribution in [-0.2, 0) is 0 Å². The van der Waals surface area contributed by atoms with Gasteiger partial charge < -0.3 is 13.4 Å². The number of fused-ring (bicyclic) bond motifs is 9. The van der Waals surface area contributed by atoms with E-state index in [0.29, 0.717) is 11.3 Å². The number of para-hydroxylation sites is 5. The standard InChI is InChI=1S/C37H20N2O2/c1-38-29-21-20-25(27-14-8-13-26-24-12-4-7-19-33(24)40-35(26)27)34-28-15-9-18-32(36(28)41-37(29)34)39-30-16-5-2-10-22(30)23-11-3-6-17-31(23)39/h2-21H. The summed E-state index contributed by atoms with van der Waals surface area (Å²) >= 11 is 0. The van der Waals surface area contributed by atoms with Crippen LogP contribution < -0.4 is 0 Å². The maximum absolute atomic E-state index is 7.93. The highest BCUT2D eigenvalue weighted by molar-refractivity contribution is 6.21. The molecule has 0 aliphatic heterocycles. The van der Waals surface area contributed by atoms with E-state index in [4.69, 9.17) is 15.4 Å². The zero-order chi connectivity index (χ0) is 27.1. The Morgan fingerprint density at radius 2 is 1.15 bits per heavy atom. The molecule has 0 aliphatic carbocycles. The molecular weight excluding hydrogens is 504 g/mol. The van der Waals surface area contributed by atoms with Crippen molar-refractivity contribution < 1.29 is 8.83 Å². The third-order valence-corrected chi connectivity index (χ3v) is 8.24. The Morgan fingerprint density at radius 1 is 0.488 bits per heavy atom. The summed E-state index contributed by atoms with van der Waals surface area (Å²) in [7, 11) is 0. The number of aromatic nitrogens is 1. The van der Waals surface area contributed by atoms with E-state index in [1.807, 2.05) is 30.3 Å².